The Morgan fingerprint density at radius 3 is 2.65 bits per heavy atom. The van der Waals surface area contributed by atoms with Crippen LogP contribution in [0, 0.1) is 6.92 Å². The van der Waals surface area contributed by atoms with E-state index in [1.807, 2.05) is 67.6 Å². The van der Waals surface area contributed by atoms with Gasteiger partial charge in [-0.25, -0.2) is 0 Å². The van der Waals surface area contributed by atoms with Gasteiger partial charge in [-0.15, -0.1) is 0 Å². The van der Waals surface area contributed by atoms with Crippen LogP contribution in [0.4, 0.5) is 11.4 Å². The highest BCUT2D eigenvalue weighted by Gasteiger charge is 2.21. The van der Waals surface area contributed by atoms with Crippen molar-refractivity contribution in [2.24, 2.45) is 0 Å². The van der Waals surface area contributed by atoms with Gasteiger partial charge in [-0.3, -0.25) is 9.59 Å². The van der Waals surface area contributed by atoms with E-state index >= 15 is 0 Å². The summed E-state index contributed by atoms with van der Waals surface area (Å²) in [6.45, 7) is 1.95. The standard InChI is InChI=1S/C26H20N2O3/c1-16-9-11-24-22(13-16)28-26(30)21-15-19(10-12-23(21)31-24)27-25(29)14-18-7-4-6-17-5-2-3-8-20(17)18/h2-13,15H,14H2,1H3,(H,27,29)(H,28,30). The maximum Gasteiger partial charge on any atom is 0.259 e. The predicted octanol–water partition coefficient (Wildman–Crippen LogP) is 5.69. The molecule has 4 aromatic carbocycles. The second-order valence-electron chi connectivity index (χ2n) is 7.63. The van der Waals surface area contributed by atoms with Crippen LogP contribution in [0.3, 0.4) is 0 Å². The van der Waals surface area contributed by atoms with Gasteiger partial charge in [0.1, 0.15) is 5.75 Å². The third-order valence-electron chi connectivity index (χ3n) is 5.34. The van der Waals surface area contributed by atoms with E-state index in [-0.39, 0.29) is 18.2 Å². The third-order valence-corrected chi connectivity index (χ3v) is 5.34. The zero-order chi connectivity index (χ0) is 21.4. The number of amides is 2. The smallest absolute Gasteiger partial charge is 0.259 e. The van der Waals surface area contributed by atoms with Crippen LogP contribution in [0.15, 0.2) is 78.9 Å². The second-order valence-corrected chi connectivity index (χ2v) is 7.63. The molecule has 152 valence electrons. The molecule has 5 rings (SSSR count). The average molecular weight is 408 g/mol. The Bertz CT molecular complexity index is 1340. The fourth-order valence-corrected chi connectivity index (χ4v) is 3.84. The summed E-state index contributed by atoms with van der Waals surface area (Å²) in [5, 5.41) is 7.94. The number of benzene rings is 4. The summed E-state index contributed by atoms with van der Waals surface area (Å²) in [5.41, 5.74) is 3.52. The molecule has 5 heteroatoms. The molecule has 1 aliphatic rings. The highest BCUT2D eigenvalue weighted by molar-refractivity contribution is 6.09. The van der Waals surface area contributed by atoms with Gasteiger partial charge in [0.15, 0.2) is 5.75 Å². The average Bonchev–Trinajstić information content (AvgIpc) is 2.89. The van der Waals surface area contributed by atoms with Crippen LogP contribution in [-0.4, -0.2) is 11.8 Å². The Morgan fingerprint density at radius 2 is 1.74 bits per heavy atom. The van der Waals surface area contributed by atoms with E-state index in [0.29, 0.717) is 28.4 Å². The zero-order valence-electron chi connectivity index (χ0n) is 16.9. The summed E-state index contributed by atoms with van der Waals surface area (Å²) >= 11 is 0. The molecule has 2 N–H and O–H groups in total. The molecule has 0 saturated carbocycles. The minimum Gasteiger partial charge on any atom is -0.454 e. The fourth-order valence-electron chi connectivity index (χ4n) is 3.84. The number of aryl methyl sites for hydroxylation is 1. The van der Waals surface area contributed by atoms with Crippen molar-refractivity contribution >= 4 is 34.0 Å². The molecule has 4 aromatic rings. The lowest BCUT2D eigenvalue weighted by atomic mass is 10.0. The lowest BCUT2D eigenvalue weighted by Crippen LogP contribution is -2.16. The van der Waals surface area contributed by atoms with E-state index in [0.717, 1.165) is 21.9 Å². The summed E-state index contributed by atoms with van der Waals surface area (Å²) in [6, 6.07) is 24.7. The van der Waals surface area contributed by atoms with Gasteiger partial charge < -0.3 is 15.4 Å². The van der Waals surface area contributed by atoms with E-state index in [1.54, 1.807) is 18.2 Å². The van der Waals surface area contributed by atoms with Crippen molar-refractivity contribution in [3.63, 3.8) is 0 Å². The molecule has 5 nitrogen and oxygen atoms in total. The van der Waals surface area contributed by atoms with E-state index in [4.69, 9.17) is 4.74 Å². The Balaban J connectivity index is 1.38. The van der Waals surface area contributed by atoms with Crippen molar-refractivity contribution in [2.75, 3.05) is 10.6 Å². The van der Waals surface area contributed by atoms with Gasteiger partial charge in [0.2, 0.25) is 5.91 Å². The normalized spacial score (nSPS) is 12.2. The van der Waals surface area contributed by atoms with E-state index in [9.17, 15) is 9.59 Å². The number of hydrogen-bond donors (Lipinski definition) is 2. The first-order valence-corrected chi connectivity index (χ1v) is 10.1. The van der Waals surface area contributed by atoms with Crippen LogP contribution in [-0.2, 0) is 11.2 Å². The molecule has 0 aliphatic carbocycles. The van der Waals surface area contributed by atoms with Crippen molar-refractivity contribution < 1.29 is 14.3 Å². The van der Waals surface area contributed by atoms with Gasteiger partial charge in [0.25, 0.3) is 5.91 Å². The molecule has 0 atom stereocenters. The van der Waals surface area contributed by atoms with Crippen molar-refractivity contribution in [3.05, 3.63) is 95.6 Å². The van der Waals surface area contributed by atoms with Crippen molar-refractivity contribution in [2.45, 2.75) is 13.3 Å². The molecule has 0 fully saturated rings. The monoisotopic (exact) mass is 408 g/mol. The summed E-state index contributed by atoms with van der Waals surface area (Å²) in [6.07, 6.45) is 0.242. The number of anilines is 2. The first kappa shape index (κ1) is 18.9. The number of carbonyl (C=O) groups is 2. The Kier molecular flexibility index (Phi) is 4.64. The van der Waals surface area contributed by atoms with Gasteiger partial charge in [0.05, 0.1) is 17.7 Å². The van der Waals surface area contributed by atoms with Gasteiger partial charge >= 0.3 is 0 Å². The summed E-state index contributed by atoms with van der Waals surface area (Å²) in [4.78, 5) is 25.5. The van der Waals surface area contributed by atoms with E-state index in [2.05, 4.69) is 10.6 Å². The van der Waals surface area contributed by atoms with Crippen molar-refractivity contribution in [3.8, 4) is 11.5 Å². The number of fused-ring (bicyclic) bond motifs is 3. The molecule has 0 radical (unpaired) electrons. The quantitative estimate of drug-likeness (QED) is 0.458. The number of nitrogens with one attached hydrogen (secondary N) is 2. The number of rotatable bonds is 3. The highest BCUT2D eigenvalue weighted by atomic mass is 16.5. The first-order valence-electron chi connectivity index (χ1n) is 10.1. The highest BCUT2D eigenvalue weighted by Crippen LogP contribution is 2.37. The van der Waals surface area contributed by atoms with Crippen LogP contribution < -0.4 is 15.4 Å². The Morgan fingerprint density at radius 1 is 0.935 bits per heavy atom. The van der Waals surface area contributed by atoms with Crippen LogP contribution in [0.25, 0.3) is 10.8 Å². The molecule has 0 spiro atoms. The molecular weight excluding hydrogens is 388 g/mol. The maximum absolute atomic E-state index is 12.8. The molecule has 1 heterocycles. The van der Waals surface area contributed by atoms with Gasteiger partial charge in [-0.1, -0.05) is 48.5 Å². The third kappa shape index (κ3) is 3.73. The molecular formula is C26H20N2O3. The van der Waals surface area contributed by atoms with Gasteiger partial charge in [0, 0.05) is 5.69 Å². The van der Waals surface area contributed by atoms with Crippen LogP contribution in [0.5, 0.6) is 11.5 Å². The molecule has 0 aromatic heterocycles. The lowest BCUT2D eigenvalue weighted by molar-refractivity contribution is -0.115. The number of ether oxygens (including phenoxy) is 1. The lowest BCUT2D eigenvalue weighted by Gasteiger charge is -2.11. The van der Waals surface area contributed by atoms with Crippen molar-refractivity contribution in [1.82, 2.24) is 0 Å². The SMILES string of the molecule is Cc1ccc2c(c1)NC(=O)c1cc(NC(=O)Cc3cccc4ccccc34)ccc1O2. The molecule has 0 unspecified atom stereocenters. The second kappa shape index (κ2) is 7.61. The van der Waals surface area contributed by atoms with Crippen LogP contribution in [0.2, 0.25) is 0 Å². The van der Waals surface area contributed by atoms with Crippen LogP contribution in [0.1, 0.15) is 21.5 Å². The molecule has 0 saturated heterocycles. The molecule has 0 bridgehead atoms. The fraction of sp³-hybridized carbons (Fsp3) is 0.0769. The molecule has 31 heavy (non-hydrogen) atoms. The van der Waals surface area contributed by atoms with Crippen LogP contribution >= 0.6 is 0 Å². The maximum atomic E-state index is 12.8. The van der Waals surface area contributed by atoms with Crippen molar-refractivity contribution in [1.29, 1.82) is 0 Å². The summed E-state index contributed by atoms with van der Waals surface area (Å²) < 4.78 is 5.94. The number of carbonyl (C=O) groups excluding carboxylic acids is 2. The van der Waals surface area contributed by atoms with E-state index < -0.39 is 0 Å². The molecule has 2 amide bonds. The van der Waals surface area contributed by atoms with E-state index in [1.165, 1.54) is 0 Å². The predicted molar refractivity (Wildman–Crippen MR) is 122 cm³/mol. The Labute approximate surface area is 179 Å². The number of hydrogen-bond acceptors (Lipinski definition) is 3. The minimum absolute atomic E-state index is 0.148. The largest absolute Gasteiger partial charge is 0.454 e. The zero-order valence-corrected chi connectivity index (χ0v) is 16.9. The summed E-state index contributed by atoms with van der Waals surface area (Å²) in [7, 11) is 0. The summed E-state index contributed by atoms with van der Waals surface area (Å²) in [5.74, 6) is 0.618. The topological polar surface area (TPSA) is 67.4 Å². The first-order chi connectivity index (χ1) is 15.1. The van der Waals surface area contributed by atoms with Gasteiger partial charge in [-0.2, -0.15) is 0 Å². The molecule has 1 aliphatic heterocycles. The minimum atomic E-state index is -0.274. The Hall–Kier alpha value is -4.12. The van der Waals surface area contributed by atoms with Gasteiger partial charge in [-0.05, 0) is 59.2 Å².